The molecule has 260 valence electrons. The van der Waals surface area contributed by atoms with E-state index in [1.165, 1.54) is 31.6 Å². The van der Waals surface area contributed by atoms with E-state index < -0.39 is 5.15 Å². The van der Waals surface area contributed by atoms with Crippen LogP contribution < -0.4 is 5.15 Å². The van der Waals surface area contributed by atoms with Crippen LogP contribution in [-0.4, -0.2) is 15.1 Å². The number of halogens is 2. The number of benzene rings is 4. The number of allylic oxidation sites excluding steroid dienone is 2. The van der Waals surface area contributed by atoms with Crippen molar-refractivity contribution in [1.82, 2.24) is 9.82 Å². The lowest BCUT2D eigenvalue weighted by molar-refractivity contribution is -0.773. The predicted octanol–water partition coefficient (Wildman–Crippen LogP) is 12.4. The highest BCUT2D eigenvalue weighted by molar-refractivity contribution is 6.01. The summed E-state index contributed by atoms with van der Waals surface area (Å²) in [6.07, 6.45) is 1.35. The predicted molar refractivity (Wildman–Crippen MR) is 209 cm³/mol. The van der Waals surface area contributed by atoms with Crippen LogP contribution >= 0.6 is 0 Å². The molecule has 2 aliphatic heterocycles. The molecule has 7 rings (SSSR count). The van der Waals surface area contributed by atoms with Gasteiger partial charge in [-0.15, -0.1) is 0 Å². The van der Waals surface area contributed by atoms with Gasteiger partial charge >= 0.3 is 5.15 Å². The summed E-state index contributed by atoms with van der Waals surface area (Å²) in [5.74, 6) is 0. The van der Waals surface area contributed by atoms with Crippen LogP contribution in [0.15, 0.2) is 108 Å². The van der Waals surface area contributed by atoms with Crippen LogP contribution in [0.1, 0.15) is 94.1 Å². The first-order valence-electron chi connectivity index (χ1n) is 18.2. The second-order valence-electron chi connectivity index (χ2n) is 15.3. The van der Waals surface area contributed by atoms with Gasteiger partial charge in [-0.05, 0) is 125 Å². The fraction of sp³-hybridized carbons (Fsp3) is 0.283. The van der Waals surface area contributed by atoms with Crippen molar-refractivity contribution in [1.29, 1.82) is 0 Å². The molecule has 4 aromatic carbocycles. The number of quaternary nitrogens is 1. The smallest absolute Gasteiger partial charge is 0.0620 e. The highest BCUT2D eigenvalue weighted by atomic mass is 19.4. The molecular weight excluding hydrogens is 633 g/mol. The molecule has 0 spiro atoms. The Morgan fingerprint density at radius 1 is 0.667 bits per heavy atom. The van der Waals surface area contributed by atoms with Gasteiger partial charge in [0, 0.05) is 18.1 Å². The number of hydrogen-bond donors (Lipinski definition) is 0. The molecule has 1 aromatic heterocycles. The zero-order valence-corrected chi connectivity index (χ0v) is 31.7. The summed E-state index contributed by atoms with van der Waals surface area (Å²) in [7, 11) is 0. The number of rotatable bonds is 6. The van der Waals surface area contributed by atoms with Crippen molar-refractivity contribution in [3.8, 4) is 33.4 Å². The lowest BCUT2D eigenvalue weighted by atomic mass is 9.84. The van der Waals surface area contributed by atoms with Gasteiger partial charge in [-0.2, -0.15) is 0 Å². The number of hydrogen-bond acceptors (Lipinski definition) is 0. The van der Waals surface area contributed by atoms with Crippen LogP contribution in [0.5, 0.6) is 0 Å². The first-order valence-corrected chi connectivity index (χ1v) is 18.2. The molecular formula is C46H49F2N3+2. The van der Waals surface area contributed by atoms with Crippen LogP contribution in [-0.2, 0) is 11.8 Å². The molecule has 0 fully saturated rings. The maximum atomic E-state index is 17.0. The highest BCUT2D eigenvalue weighted by Crippen LogP contribution is 2.47. The van der Waals surface area contributed by atoms with Gasteiger partial charge in [-0.3, -0.25) is 0 Å². The number of fused-ring (bicyclic) bond motifs is 2. The van der Waals surface area contributed by atoms with Crippen molar-refractivity contribution >= 4 is 11.3 Å². The Hall–Kier alpha value is -4.87. The molecule has 51 heavy (non-hydrogen) atoms. The van der Waals surface area contributed by atoms with Crippen molar-refractivity contribution in [2.75, 3.05) is 0 Å². The third-order valence-electron chi connectivity index (χ3n) is 11.2. The van der Waals surface area contributed by atoms with Crippen LogP contribution in [0.4, 0.5) is 8.96 Å². The third kappa shape index (κ3) is 5.45. The maximum absolute atomic E-state index is 17.0. The third-order valence-corrected chi connectivity index (χ3v) is 11.2. The van der Waals surface area contributed by atoms with Gasteiger partial charge in [-0.1, -0.05) is 112 Å². The average molecular weight is 682 g/mol. The number of aryl methyl sites for hydroxylation is 1. The molecule has 2 aliphatic rings. The lowest BCUT2D eigenvalue weighted by Crippen LogP contribution is -2.55. The van der Waals surface area contributed by atoms with Gasteiger partial charge in [0.25, 0.3) is 11.4 Å². The van der Waals surface area contributed by atoms with Gasteiger partial charge < -0.3 is 0 Å². The summed E-state index contributed by atoms with van der Waals surface area (Å²) in [6, 6.07) is 32.6. The molecule has 0 aliphatic carbocycles. The summed E-state index contributed by atoms with van der Waals surface area (Å²) in [5.41, 5.74) is 17.1. The Kier molecular flexibility index (Phi) is 8.42. The van der Waals surface area contributed by atoms with E-state index in [2.05, 4.69) is 133 Å². The van der Waals surface area contributed by atoms with Crippen LogP contribution in [0.3, 0.4) is 0 Å². The van der Waals surface area contributed by atoms with Crippen molar-refractivity contribution in [2.24, 2.45) is 0 Å². The van der Waals surface area contributed by atoms with E-state index in [1.54, 1.807) is 0 Å². The Morgan fingerprint density at radius 2 is 1.29 bits per heavy atom. The molecule has 0 N–H and O–H groups in total. The minimum atomic E-state index is -2.38. The second kappa shape index (κ2) is 12.4. The maximum Gasteiger partial charge on any atom is 0.382 e. The first-order chi connectivity index (χ1) is 24.2. The van der Waals surface area contributed by atoms with E-state index in [4.69, 9.17) is 0 Å². The molecule has 0 radical (unpaired) electrons. The summed E-state index contributed by atoms with van der Waals surface area (Å²) in [4.78, 5) is 0. The Morgan fingerprint density at radius 3 is 1.92 bits per heavy atom. The zero-order valence-electron chi connectivity index (χ0n) is 31.7. The van der Waals surface area contributed by atoms with Gasteiger partial charge in [-0.25, -0.2) is 0 Å². The molecule has 0 unspecified atom stereocenters. The minimum absolute atomic E-state index is 0.0263. The topological polar surface area (TPSA) is 7.94 Å². The fourth-order valence-corrected chi connectivity index (χ4v) is 8.45. The lowest BCUT2D eigenvalue weighted by Gasteiger charge is -2.23. The monoisotopic (exact) mass is 681 g/mol. The summed E-state index contributed by atoms with van der Waals surface area (Å²) in [5, 5.41) is -2.38. The van der Waals surface area contributed by atoms with Gasteiger partial charge in [0.05, 0.1) is 16.0 Å². The Balaban J connectivity index is 1.55. The van der Waals surface area contributed by atoms with E-state index in [-0.39, 0.29) is 5.41 Å². The van der Waals surface area contributed by atoms with Gasteiger partial charge in [0.2, 0.25) is 0 Å². The van der Waals surface area contributed by atoms with E-state index in [0.29, 0.717) is 35.6 Å². The quantitative estimate of drug-likeness (QED) is 0.124. The van der Waals surface area contributed by atoms with E-state index in [9.17, 15) is 0 Å². The fourth-order valence-electron chi connectivity index (χ4n) is 8.45. The van der Waals surface area contributed by atoms with Crippen molar-refractivity contribution in [3.63, 3.8) is 0 Å². The normalized spacial score (nSPS) is 15.5. The van der Waals surface area contributed by atoms with Crippen molar-refractivity contribution < 1.29 is 13.6 Å². The van der Waals surface area contributed by atoms with Gasteiger partial charge in [0.15, 0.2) is 0 Å². The van der Waals surface area contributed by atoms with Crippen LogP contribution in [0.2, 0.25) is 0 Å². The van der Waals surface area contributed by atoms with Crippen LogP contribution in [0.25, 0.3) is 39.0 Å². The number of nitrogens with zero attached hydrogens (tertiary/aromatic N) is 3. The van der Waals surface area contributed by atoms with Crippen molar-refractivity contribution in [3.05, 3.63) is 147 Å². The summed E-state index contributed by atoms with van der Waals surface area (Å²) >= 11 is 0. The van der Waals surface area contributed by atoms with Crippen molar-refractivity contribution in [2.45, 2.75) is 87.5 Å². The molecule has 3 heterocycles. The van der Waals surface area contributed by atoms with Gasteiger partial charge in [0.1, 0.15) is 14.7 Å². The SMILES string of the molecule is CCC1=C(C)C2=C(c3cc(-c4ccc(-c5ccccc5C)cc4)cc(-c4cccc(C(C)(C)C)c4)c3)c3c(C)c(CC)c(C)n3[N+](F)(F)[N+]2=C1C. The standard InChI is InChI=1S/C46H49F2N3/c1-11-40-29(4)44-43(45-30(5)41(12-2)32(7)50(45)51(47,48)49(44)31(40)6)38-25-36(24-37(26-38)35-17-15-18-39(27-35)46(8,9)10)33-20-22-34(23-21-33)42-19-14-13-16-28(42)3/h13-27H,11-12H2,1-10H3/q+2. The largest absolute Gasteiger partial charge is 0.382 e. The molecule has 0 saturated carbocycles. The van der Waals surface area contributed by atoms with E-state index in [0.717, 1.165) is 55.7 Å². The average Bonchev–Trinajstić information content (AvgIpc) is 3.52. The number of aromatic nitrogens is 1. The Labute approximate surface area is 301 Å². The van der Waals surface area contributed by atoms with E-state index in [1.807, 2.05) is 27.7 Å². The summed E-state index contributed by atoms with van der Waals surface area (Å²) < 4.78 is 36.4. The molecule has 5 aromatic rings. The highest BCUT2D eigenvalue weighted by Gasteiger charge is 2.62. The molecule has 0 amide bonds. The molecule has 0 saturated heterocycles. The second-order valence-corrected chi connectivity index (χ2v) is 15.3. The Bertz CT molecular complexity index is 2320. The first kappa shape index (κ1) is 34.6. The molecule has 3 nitrogen and oxygen atoms in total. The minimum Gasteiger partial charge on any atom is -0.0620 e. The molecule has 0 atom stereocenters. The van der Waals surface area contributed by atoms with Crippen LogP contribution in [0, 0.1) is 20.8 Å². The van der Waals surface area contributed by atoms with E-state index >= 15 is 8.96 Å². The molecule has 5 heteroatoms. The molecule has 0 bridgehead atoms. The summed E-state index contributed by atoms with van der Waals surface area (Å²) in [6.45, 7) is 20.7. The zero-order chi connectivity index (χ0) is 36.6.